The van der Waals surface area contributed by atoms with Crippen LogP contribution in [0.4, 0.5) is 0 Å². The molecule has 3 N–H and O–H groups in total. The normalized spacial score (nSPS) is 22.4. The van der Waals surface area contributed by atoms with Gasteiger partial charge < -0.3 is 20.3 Å². The first-order chi connectivity index (χ1) is 10.2. The SMILES string of the molecule is COc1c(O)cc2c3c1-c1ccccc1C(O)C3NCC2. The second kappa shape index (κ2) is 4.48. The Morgan fingerprint density at radius 3 is 2.90 bits per heavy atom. The number of phenols is 1. The van der Waals surface area contributed by atoms with E-state index in [2.05, 4.69) is 5.32 Å². The summed E-state index contributed by atoms with van der Waals surface area (Å²) in [4.78, 5) is 0. The third-order valence-corrected chi connectivity index (χ3v) is 4.52. The molecule has 0 radical (unpaired) electrons. The van der Waals surface area contributed by atoms with E-state index in [1.165, 1.54) is 0 Å². The van der Waals surface area contributed by atoms with Crippen LogP contribution in [0.3, 0.4) is 0 Å². The van der Waals surface area contributed by atoms with Crippen molar-refractivity contribution in [3.63, 3.8) is 0 Å². The summed E-state index contributed by atoms with van der Waals surface area (Å²) in [7, 11) is 1.57. The quantitative estimate of drug-likeness (QED) is 0.751. The van der Waals surface area contributed by atoms with Crippen LogP contribution in [0.15, 0.2) is 30.3 Å². The standard InChI is InChI=1S/C17H17NO3/c1-21-17-12(19)8-9-6-7-18-15-13(9)14(17)10-4-2-3-5-11(10)16(15)20/h2-5,8,15-16,18-20H,6-7H2,1H3. The van der Waals surface area contributed by atoms with E-state index in [0.717, 1.165) is 40.8 Å². The largest absolute Gasteiger partial charge is 0.504 e. The van der Waals surface area contributed by atoms with Gasteiger partial charge in [0.05, 0.1) is 19.3 Å². The summed E-state index contributed by atoms with van der Waals surface area (Å²) < 4.78 is 5.45. The number of aromatic hydroxyl groups is 1. The molecule has 1 aliphatic carbocycles. The first kappa shape index (κ1) is 12.7. The molecule has 0 bridgehead atoms. The molecule has 108 valence electrons. The maximum Gasteiger partial charge on any atom is 0.168 e. The van der Waals surface area contributed by atoms with Crippen LogP contribution in [0.25, 0.3) is 11.1 Å². The molecule has 0 aromatic heterocycles. The van der Waals surface area contributed by atoms with Gasteiger partial charge >= 0.3 is 0 Å². The molecule has 21 heavy (non-hydrogen) atoms. The zero-order valence-electron chi connectivity index (χ0n) is 11.8. The van der Waals surface area contributed by atoms with Crippen LogP contribution in [-0.2, 0) is 6.42 Å². The Hall–Kier alpha value is -2.04. The zero-order chi connectivity index (χ0) is 14.6. The van der Waals surface area contributed by atoms with E-state index in [-0.39, 0.29) is 11.8 Å². The van der Waals surface area contributed by atoms with Crippen molar-refractivity contribution < 1.29 is 14.9 Å². The van der Waals surface area contributed by atoms with E-state index in [1.54, 1.807) is 13.2 Å². The second-order valence-corrected chi connectivity index (χ2v) is 5.59. The lowest BCUT2D eigenvalue weighted by molar-refractivity contribution is 0.123. The topological polar surface area (TPSA) is 61.7 Å². The minimum Gasteiger partial charge on any atom is -0.504 e. The number of hydrogen-bond donors (Lipinski definition) is 3. The number of rotatable bonds is 1. The maximum absolute atomic E-state index is 10.7. The number of aliphatic hydroxyl groups is 1. The molecule has 2 unspecified atom stereocenters. The number of nitrogens with one attached hydrogen (secondary N) is 1. The summed E-state index contributed by atoms with van der Waals surface area (Å²) in [6, 6.07) is 9.40. The van der Waals surface area contributed by atoms with Crippen LogP contribution >= 0.6 is 0 Å². The summed E-state index contributed by atoms with van der Waals surface area (Å²) in [5.74, 6) is 0.653. The number of benzene rings is 2. The Balaban J connectivity index is 2.12. The molecule has 1 heterocycles. The minimum absolute atomic E-state index is 0.145. The molecule has 2 atom stereocenters. The number of phenolic OH excluding ortho intramolecular Hbond substituents is 1. The predicted molar refractivity (Wildman–Crippen MR) is 79.5 cm³/mol. The molecule has 0 spiro atoms. The molecule has 0 amide bonds. The van der Waals surface area contributed by atoms with Crippen LogP contribution in [0, 0.1) is 0 Å². The van der Waals surface area contributed by atoms with Crippen LogP contribution in [-0.4, -0.2) is 23.9 Å². The monoisotopic (exact) mass is 283 g/mol. The van der Waals surface area contributed by atoms with Crippen molar-refractivity contribution in [2.45, 2.75) is 18.6 Å². The van der Waals surface area contributed by atoms with Crippen molar-refractivity contribution >= 4 is 0 Å². The Kier molecular flexibility index (Phi) is 2.71. The van der Waals surface area contributed by atoms with Gasteiger partial charge in [0.1, 0.15) is 0 Å². The molecule has 4 heteroatoms. The number of ether oxygens (including phenoxy) is 1. The van der Waals surface area contributed by atoms with Gasteiger partial charge in [0, 0.05) is 5.56 Å². The number of aliphatic hydroxyl groups excluding tert-OH is 1. The highest BCUT2D eigenvalue weighted by atomic mass is 16.5. The Morgan fingerprint density at radius 1 is 1.29 bits per heavy atom. The molecule has 0 saturated heterocycles. The first-order valence-electron chi connectivity index (χ1n) is 7.16. The lowest BCUT2D eigenvalue weighted by atomic mass is 9.76. The molecule has 2 aromatic rings. The van der Waals surface area contributed by atoms with Crippen molar-refractivity contribution in [3.8, 4) is 22.6 Å². The fraction of sp³-hybridized carbons (Fsp3) is 0.294. The summed E-state index contributed by atoms with van der Waals surface area (Å²) in [5.41, 5.74) is 4.86. The molecule has 0 fully saturated rings. The summed E-state index contributed by atoms with van der Waals surface area (Å²) in [5, 5.41) is 24.4. The van der Waals surface area contributed by atoms with Gasteiger partial charge in [-0.2, -0.15) is 0 Å². The summed E-state index contributed by atoms with van der Waals surface area (Å²) >= 11 is 0. The smallest absolute Gasteiger partial charge is 0.168 e. The molecule has 2 aliphatic rings. The third kappa shape index (κ3) is 1.63. The molecular formula is C17H17NO3. The highest BCUT2D eigenvalue weighted by Gasteiger charge is 2.38. The highest BCUT2D eigenvalue weighted by molar-refractivity contribution is 5.83. The molecule has 1 aliphatic heterocycles. The highest BCUT2D eigenvalue weighted by Crippen LogP contribution is 2.53. The molecule has 0 saturated carbocycles. The van der Waals surface area contributed by atoms with Crippen molar-refractivity contribution in [2.75, 3.05) is 13.7 Å². The fourth-order valence-electron chi connectivity index (χ4n) is 3.65. The third-order valence-electron chi connectivity index (χ3n) is 4.52. The van der Waals surface area contributed by atoms with Gasteiger partial charge in [-0.3, -0.25) is 0 Å². The van der Waals surface area contributed by atoms with Crippen molar-refractivity contribution in [1.82, 2.24) is 5.32 Å². The van der Waals surface area contributed by atoms with E-state index < -0.39 is 6.10 Å². The lowest BCUT2D eigenvalue weighted by Crippen LogP contribution is -2.36. The number of methoxy groups -OCH3 is 1. The van der Waals surface area contributed by atoms with Gasteiger partial charge in [-0.25, -0.2) is 0 Å². The van der Waals surface area contributed by atoms with Gasteiger partial charge in [-0.15, -0.1) is 0 Å². The zero-order valence-corrected chi connectivity index (χ0v) is 11.8. The molecule has 2 aromatic carbocycles. The lowest BCUT2D eigenvalue weighted by Gasteiger charge is -2.38. The average Bonchev–Trinajstić information content (AvgIpc) is 2.51. The fourth-order valence-corrected chi connectivity index (χ4v) is 3.65. The molecule has 4 rings (SSSR count). The van der Waals surface area contributed by atoms with Gasteiger partial charge in [-0.05, 0) is 41.3 Å². The Bertz CT molecular complexity index is 726. The molecular weight excluding hydrogens is 266 g/mol. The van der Waals surface area contributed by atoms with E-state index in [1.807, 2.05) is 24.3 Å². The minimum atomic E-state index is -0.581. The Morgan fingerprint density at radius 2 is 2.10 bits per heavy atom. The predicted octanol–water partition coefficient (Wildman–Crippen LogP) is 2.30. The first-order valence-corrected chi connectivity index (χ1v) is 7.16. The van der Waals surface area contributed by atoms with Crippen LogP contribution < -0.4 is 10.1 Å². The van der Waals surface area contributed by atoms with Crippen molar-refractivity contribution in [2.24, 2.45) is 0 Å². The van der Waals surface area contributed by atoms with E-state index >= 15 is 0 Å². The maximum atomic E-state index is 10.7. The average molecular weight is 283 g/mol. The van der Waals surface area contributed by atoms with Crippen molar-refractivity contribution in [1.29, 1.82) is 0 Å². The summed E-state index contributed by atoms with van der Waals surface area (Å²) in [6.45, 7) is 0.794. The van der Waals surface area contributed by atoms with Gasteiger partial charge in [-0.1, -0.05) is 24.3 Å². The van der Waals surface area contributed by atoms with Crippen molar-refractivity contribution in [3.05, 3.63) is 47.0 Å². The van der Waals surface area contributed by atoms with E-state index in [0.29, 0.717) is 5.75 Å². The van der Waals surface area contributed by atoms with Gasteiger partial charge in [0.15, 0.2) is 11.5 Å². The number of hydrogen-bond acceptors (Lipinski definition) is 4. The van der Waals surface area contributed by atoms with Gasteiger partial charge in [0.25, 0.3) is 0 Å². The van der Waals surface area contributed by atoms with E-state index in [4.69, 9.17) is 4.74 Å². The van der Waals surface area contributed by atoms with Gasteiger partial charge in [0.2, 0.25) is 0 Å². The van der Waals surface area contributed by atoms with E-state index in [9.17, 15) is 10.2 Å². The number of fused-ring (bicyclic) bond motifs is 2. The van der Waals surface area contributed by atoms with Crippen LogP contribution in [0.1, 0.15) is 28.8 Å². The Labute approximate surface area is 123 Å². The molecule has 4 nitrogen and oxygen atoms in total. The van der Waals surface area contributed by atoms with Crippen LogP contribution in [0.5, 0.6) is 11.5 Å². The summed E-state index contributed by atoms with van der Waals surface area (Å²) in [6.07, 6.45) is 0.257. The van der Waals surface area contributed by atoms with Crippen LogP contribution in [0.2, 0.25) is 0 Å². The second-order valence-electron chi connectivity index (χ2n) is 5.59.